The summed E-state index contributed by atoms with van der Waals surface area (Å²) in [6, 6.07) is 11.3. The fourth-order valence-electron chi connectivity index (χ4n) is 2.70. The fourth-order valence-corrected chi connectivity index (χ4v) is 3.80. The van der Waals surface area contributed by atoms with Crippen LogP contribution >= 0.6 is 11.8 Å². The van der Waals surface area contributed by atoms with E-state index >= 15 is 0 Å². The van der Waals surface area contributed by atoms with Crippen LogP contribution < -0.4 is 5.32 Å². The van der Waals surface area contributed by atoms with E-state index in [1.165, 1.54) is 35.3 Å². The standard InChI is InChI=1S/C16H20N2S/c1-12-10-13(11-17-14-6-8-19-9-7-14)15-4-2-3-5-16(15)18-12/h2-5,10,14,17H,6-9,11H2,1H3. The van der Waals surface area contributed by atoms with Crippen molar-refractivity contribution in [2.75, 3.05) is 11.5 Å². The minimum absolute atomic E-state index is 0.688. The first-order valence-electron chi connectivity index (χ1n) is 6.99. The Balaban J connectivity index is 1.79. The Bertz CT molecular complexity index is 562. The summed E-state index contributed by atoms with van der Waals surface area (Å²) in [5.74, 6) is 2.60. The van der Waals surface area contributed by atoms with E-state index in [0.29, 0.717) is 6.04 Å². The van der Waals surface area contributed by atoms with Crippen LogP contribution in [0.2, 0.25) is 0 Å². The summed E-state index contributed by atoms with van der Waals surface area (Å²) in [7, 11) is 0. The molecule has 2 aromatic rings. The van der Waals surface area contributed by atoms with Crippen molar-refractivity contribution in [1.29, 1.82) is 0 Å². The Morgan fingerprint density at radius 3 is 2.89 bits per heavy atom. The van der Waals surface area contributed by atoms with Crippen LogP contribution in [-0.4, -0.2) is 22.5 Å². The first kappa shape index (κ1) is 12.9. The van der Waals surface area contributed by atoms with Crippen LogP contribution in [0.15, 0.2) is 30.3 Å². The lowest BCUT2D eigenvalue weighted by molar-refractivity contribution is 0.483. The van der Waals surface area contributed by atoms with E-state index in [1.807, 2.05) is 0 Å². The van der Waals surface area contributed by atoms with Crippen LogP contribution in [-0.2, 0) is 6.54 Å². The Kier molecular flexibility index (Phi) is 4.04. The average Bonchev–Trinajstić information content (AvgIpc) is 2.45. The second-order valence-electron chi connectivity index (χ2n) is 5.21. The number of thioether (sulfide) groups is 1. The molecule has 1 aromatic heterocycles. The van der Waals surface area contributed by atoms with Gasteiger partial charge in [0, 0.05) is 23.7 Å². The molecule has 1 saturated heterocycles. The van der Waals surface area contributed by atoms with Crippen LogP contribution in [0.1, 0.15) is 24.1 Å². The molecule has 0 radical (unpaired) electrons. The number of para-hydroxylation sites is 1. The van der Waals surface area contributed by atoms with E-state index in [1.54, 1.807) is 0 Å². The number of hydrogen-bond donors (Lipinski definition) is 1. The molecule has 1 aromatic carbocycles. The molecule has 1 fully saturated rings. The molecule has 0 amide bonds. The maximum Gasteiger partial charge on any atom is 0.0708 e. The normalized spacial score (nSPS) is 16.9. The Morgan fingerprint density at radius 1 is 1.26 bits per heavy atom. The number of aryl methyl sites for hydroxylation is 1. The Hall–Kier alpha value is -1.06. The van der Waals surface area contributed by atoms with Gasteiger partial charge in [0.15, 0.2) is 0 Å². The van der Waals surface area contributed by atoms with Gasteiger partial charge in [-0.3, -0.25) is 4.98 Å². The number of nitrogens with one attached hydrogen (secondary N) is 1. The maximum absolute atomic E-state index is 4.60. The predicted octanol–water partition coefficient (Wildman–Crippen LogP) is 3.53. The monoisotopic (exact) mass is 272 g/mol. The van der Waals surface area contributed by atoms with Crippen molar-refractivity contribution >= 4 is 22.7 Å². The van der Waals surface area contributed by atoms with E-state index in [4.69, 9.17) is 0 Å². The van der Waals surface area contributed by atoms with Crippen molar-refractivity contribution in [3.05, 3.63) is 41.6 Å². The van der Waals surface area contributed by atoms with Crippen molar-refractivity contribution in [3.63, 3.8) is 0 Å². The summed E-state index contributed by atoms with van der Waals surface area (Å²) in [5, 5.41) is 5.00. The van der Waals surface area contributed by atoms with Crippen LogP contribution in [0.3, 0.4) is 0 Å². The van der Waals surface area contributed by atoms with Gasteiger partial charge in [-0.25, -0.2) is 0 Å². The maximum atomic E-state index is 4.60. The second-order valence-corrected chi connectivity index (χ2v) is 6.43. The van der Waals surface area contributed by atoms with Crippen molar-refractivity contribution in [3.8, 4) is 0 Å². The number of rotatable bonds is 3. The molecule has 0 aliphatic carbocycles. The van der Waals surface area contributed by atoms with Gasteiger partial charge in [-0.15, -0.1) is 0 Å². The highest BCUT2D eigenvalue weighted by Crippen LogP contribution is 2.20. The molecule has 1 aliphatic heterocycles. The number of hydrogen-bond acceptors (Lipinski definition) is 3. The van der Waals surface area contributed by atoms with E-state index in [-0.39, 0.29) is 0 Å². The van der Waals surface area contributed by atoms with Gasteiger partial charge in [0.1, 0.15) is 0 Å². The smallest absolute Gasteiger partial charge is 0.0708 e. The molecule has 1 N–H and O–H groups in total. The SMILES string of the molecule is Cc1cc(CNC2CCSCC2)c2ccccc2n1. The fraction of sp³-hybridized carbons (Fsp3) is 0.438. The summed E-state index contributed by atoms with van der Waals surface area (Å²) in [5.41, 5.74) is 3.59. The Labute approximate surface area is 119 Å². The summed E-state index contributed by atoms with van der Waals surface area (Å²) in [4.78, 5) is 4.60. The Morgan fingerprint density at radius 2 is 2.05 bits per heavy atom. The van der Waals surface area contributed by atoms with Crippen molar-refractivity contribution in [2.24, 2.45) is 0 Å². The van der Waals surface area contributed by atoms with Crippen molar-refractivity contribution in [1.82, 2.24) is 10.3 Å². The van der Waals surface area contributed by atoms with E-state index in [9.17, 15) is 0 Å². The molecule has 0 bridgehead atoms. The highest BCUT2D eigenvalue weighted by molar-refractivity contribution is 7.99. The number of pyridine rings is 1. The van der Waals surface area contributed by atoms with Crippen LogP contribution in [0, 0.1) is 6.92 Å². The van der Waals surface area contributed by atoms with Crippen LogP contribution in [0.5, 0.6) is 0 Å². The molecule has 0 atom stereocenters. The van der Waals surface area contributed by atoms with Crippen LogP contribution in [0.4, 0.5) is 0 Å². The van der Waals surface area contributed by atoms with Gasteiger partial charge >= 0.3 is 0 Å². The summed E-state index contributed by atoms with van der Waals surface area (Å²) >= 11 is 2.08. The molecule has 3 rings (SSSR count). The minimum Gasteiger partial charge on any atom is -0.310 e. The zero-order valence-electron chi connectivity index (χ0n) is 11.4. The summed E-state index contributed by atoms with van der Waals surface area (Å²) < 4.78 is 0. The molecule has 0 unspecified atom stereocenters. The number of benzene rings is 1. The van der Waals surface area contributed by atoms with Gasteiger partial charge in [-0.05, 0) is 49.0 Å². The third-order valence-corrected chi connectivity index (χ3v) is 4.78. The first-order valence-corrected chi connectivity index (χ1v) is 8.15. The van der Waals surface area contributed by atoms with E-state index in [2.05, 4.69) is 59.3 Å². The van der Waals surface area contributed by atoms with Crippen molar-refractivity contribution < 1.29 is 0 Å². The van der Waals surface area contributed by atoms with Gasteiger partial charge in [0.25, 0.3) is 0 Å². The molecule has 100 valence electrons. The largest absolute Gasteiger partial charge is 0.310 e. The highest BCUT2D eigenvalue weighted by Gasteiger charge is 2.13. The molecule has 3 heteroatoms. The number of aromatic nitrogens is 1. The number of nitrogens with zero attached hydrogens (tertiary/aromatic N) is 1. The molecule has 19 heavy (non-hydrogen) atoms. The molecule has 0 spiro atoms. The first-order chi connectivity index (χ1) is 9.33. The molecule has 0 saturated carbocycles. The van der Waals surface area contributed by atoms with Gasteiger partial charge in [-0.2, -0.15) is 11.8 Å². The lowest BCUT2D eigenvalue weighted by Gasteiger charge is -2.23. The topological polar surface area (TPSA) is 24.9 Å². The lowest BCUT2D eigenvalue weighted by atomic mass is 10.1. The third kappa shape index (κ3) is 3.10. The average molecular weight is 272 g/mol. The number of fused-ring (bicyclic) bond motifs is 1. The van der Waals surface area contributed by atoms with Gasteiger partial charge in [0.2, 0.25) is 0 Å². The van der Waals surface area contributed by atoms with Crippen molar-refractivity contribution in [2.45, 2.75) is 32.4 Å². The minimum atomic E-state index is 0.688. The molecule has 1 aliphatic rings. The van der Waals surface area contributed by atoms with Gasteiger partial charge in [-0.1, -0.05) is 18.2 Å². The lowest BCUT2D eigenvalue weighted by Crippen LogP contribution is -2.32. The molecule has 2 heterocycles. The van der Waals surface area contributed by atoms with Crippen LogP contribution in [0.25, 0.3) is 10.9 Å². The van der Waals surface area contributed by atoms with Gasteiger partial charge in [0.05, 0.1) is 5.52 Å². The second kappa shape index (κ2) is 5.93. The van der Waals surface area contributed by atoms with E-state index < -0.39 is 0 Å². The molecular weight excluding hydrogens is 252 g/mol. The van der Waals surface area contributed by atoms with E-state index in [0.717, 1.165) is 17.8 Å². The molecular formula is C16H20N2S. The zero-order valence-corrected chi connectivity index (χ0v) is 12.2. The summed E-state index contributed by atoms with van der Waals surface area (Å²) in [6.07, 6.45) is 2.60. The molecule has 2 nitrogen and oxygen atoms in total. The third-order valence-electron chi connectivity index (χ3n) is 3.73. The van der Waals surface area contributed by atoms with Gasteiger partial charge < -0.3 is 5.32 Å². The zero-order chi connectivity index (χ0) is 13.1. The summed E-state index contributed by atoms with van der Waals surface area (Å²) in [6.45, 7) is 3.03. The predicted molar refractivity (Wildman–Crippen MR) is 83.7 cm³/mol. The highest BCUT2D eigenvalue weighted by atomic mass is 32.2. The quantitative estimate of drug-likeness (QED) is 0.925.